The molecule has 1 heterocycles. The van der Waals surface area contributed by atoms with Crippen LogP contribution in [0.25, 0.3) is 0 Å². The fourth-order valence-corrected chi connectivity index (χ4v) is 4.13. The summed E-state index contributed by atoms with van der Waals surface area (Å²) in [5.74, 6) is -1.99. The van der Waals surface area contributed by atoms with Gasteiger partial charge in [-0.25, -0.2) is 18.0 Å². The minimum atomic E-state index is -3.42. The van der Waals surface area contributed by atoms with Gasteiger partial charge in [0.2, 0.25) is 5.91 Å². The number of carbonyl (C=O) groups excluding carboxylic acids is 4. The Morgan fingerprint density at radius 2 is 1.81 bits per heavy atom. The number of amides is 4. The van der Waals surface area contributed by atoms with Gasteiger partial charge in [0.25, 0.3) is 5.91 Å². The lowest BCUT2D eigenvalue weighted by Gasteiger charge is -2.28. The van der Waals surface area contributed by atoms with Gasteiger partial charge in [0.1, 0.15) is 17.6 Å². The first-order valence-electron chi connectivity index (χ1n) is 9.62. The van der Waals surface area contributed by atoms with Crippen molar-refractivity contribution in [1.29, 1.82) is 0 Å². The highest BCUT2D eigenvalue weighted by Gasteiger charge is 2.50. The maximum absolute atomic E-state index is 13.0. The molecule has 0 aliphatic carbocycles. The number of imide groups is 1. The first-order valence-corrected chi connectivity index (χ1v) is 11.5. The Labute approximate surface area is 181 Å². The first kappa shape index (κ1) is 24.3. The van der Waals surface area contributed by atoms with E-state index in [9.17, 15) is 27.6 Å². The van der Waals surface area contributed by atoms with Gasteiger partial charge in [0, 0.05) is 6.26 Å². The number of nitrogens with zero attached hydrogens (tertiary/aromatic N) is 1. The molecule has 0 saturated carbocycles. The molecule has 1 aromatic rings. The Kier molecular flexibility index (Phi) is 6.79. The third-order valence-corrected chi connectivity index (χ3v) is 6.37. The van der Waals surface area contributed by atoms with Crippen molar-refractivity contribution >= 4 is 33.7 Å². The number of esters is 1. The highest BCUT2D eigenvalue weighted by atomic mass is 32.2. The molecule has 0 spiro atoms. The molecule has 0 aromatic heterocycles. The van der Waals surface area contributed by atoms with Crippen molar-refractivity contribution in [2.75, 3.05) is 19.9 Å². The van der Waals surface area contributed by atoms with Crippen LogP contribution in [0.15, 0.2) is 29.2 Å². The van der Waals surface area contributed by atoms with Crippen molar-refractivity contribution in [3.8, 4) is 0 Å². The molecule has 10 nitrogen and oxygen atoms in total. The van der Waals surface area contributed by atoms with E-state index in [4.69, 9.17) is 4.74 Å². The number of hydrogen-bond donors (Lipinski definition) is 2. The molecule has 0 unspecified atom stereocenters. The maximum atomic E-state index is 13.0. The van der Waals surface area contributed by atoms with E-state index >= 15 is 0 Å². The minimum Gasteiger partial charge on any atom is -0.467 e. The molecule has 11 heteroatoms. The minimum absolute atomic E-state index is 0.0749. The summed E-state index contributed by atoms with van der Waals surface area (Å²) in [5.41, 5.74) is -2.39. The quantitative estimate of drug-likeness (QED) is 0.436. The number of urea groups is 1. The Morgan fingerprint density at radius 3 is 2.29 bits per heavy atom. The molecule has 0 radical (unpaired) electrons. The second kappa shape index (κ2) is 8.66. The van der Waals surface area contributed by atoms with Crippen LogP contribution >= 0.6 is 0 Å². The van der Waals surface area contributed by atoms with Crippen LogP contribution in [0.3, 0.4) is 0 Å². The number of nitrogens with one attached hydrogen (secondary N) is 2. The molecule has 2 rings (SSSR count). The van der Waals surface area contributed by atoms with Crippen LogP contribution in [0.1, 0.15) is 39.2 Å². The van der Waals surface area contributed by atoms with Gasteiger partial charge in [-0.3, -0.25) is 14.5 Å². The second-order valence-corrected chi connectivity index (χ2v) is 9.88. The average Bonchev–Trinajstić information content (AvgIpc) is 2.90. The highest BCUT2D eigenvalue weighted by molar-refractivity contribution is 7.90. The maximum Gasteiger partial charge on any atom is 0.331 e. The van der Waals surface area contributed by atoms with Gasteiger partial charge in [0.15, 0.2) is 9.84 Å². The summed E-state index contributed by atoms with van der Waals surface area (Å²) in [6, 6.07) is 4.79. The van der Waals surface area contributed by atoms with Gasteiger partial charge in [0.05, 0.1) is 12.0 Å². The van der Waals surface area contributed by atoms with Crippen LogP contribution in [0.5, 0.6) is 0 Å². The van der Waals surface area contributed by atoms with Gasteiger partial charge in [-0.15, -0.1) is 0 Å². The first-order chi connectivity index (χ1) is 14.3. The SMILES string of the molecule is CCC[C@@](C)(NC(=O)CN1C(=O)N[C@@](C)(c2ccc(S(C)(=O)=O)cc2)C1=O)C(=O)OC. The molecule has 1 aliphatic heterocycles. The molecule has 170 valence electrons. The summed E-state index contributed by atoms with van der Waals surface area (Å²) in [6.45, 7) is 4.24. The number of methoxy groups -OCH3 is 1. The Morgan fingerprint density at radius 1 is 1.23 bits per heavy atom. The van der Waals surface area contributed by atoms with Crippen LogP contribution < -0.4 is 10.6 Å². The zero-order chi connectivity index (χ0) is 23.6. The van der Waals surface area contributed by atoms with E-state index in [-0.39, 0.29) is 4.90 Å². The van der Waals surface area contributed by atoms with Gasteiger partial charge in [-0.05, 0) is 38.0 Å². The Bertz CT molecular complexity index is 1010. The third kappa shape index (κ3) is 4.87. The van der Waals surface area contributed by atoms with E-state index in [2.05, 4.69) is 10.6 Å². The largest absolute Gasteiger partial charge is 0.467 e. The van der Waals surface area contributed by atoms with Gasteiger partial charge in [-0.1, -0.05) is 25.5 Å². The van der Waals surface area contributed by atoms with Crippen LogP contribution in [0, 0.1) is 0 Å². The van der Waals surface area contributed by atoms with E-state index < -0.39 is 51.3 Å². The number of sulfone groups is 1. The zero-order valence-corrected chi connectivity index (χ0v) is 19.0. The number of benzene rings is 1. The standard InChI is InChI=1S/C20H27N3O7S/c1-6-11-19(2,17(26)30-4)21-15(24)12-23-16(25)20(3,22-18(23)27)13-7-9-14(10-8-13)31(5,28)29/h7-10H,6,11-12H2,1-5H3,(H,21,24)(H,22,27)/t19-,20+/m1/s1. The molecule has 1 aliphatic rings. The second-order valence-electron chi connectivity index (χ2n) is 7.86. The van der Waals surface area contributed by atoms with Crippen LogP contribution in [0.2, 0.25) is 0 Å². The summed E-state index contributed by atoms with van der Waals surface area (Å²) in [4.78, 5) is 50.9. The molecule has 1 fully saturated rings. The predicted molar refractivity (Wildman–Crippen MR) is 111 cm³/mol. The third-order valence-electron chi connectivity index (χ3n) is 5.24. The van der Waals surface area contributed by atoms with E-state index in [0.29, 0.717) is 18.4 Å². The summed E-state index contributed by atoms with van der Waals surface area (Å²) in [6.07, 6.45) is 1.97. The van der Waals surface area contributed by atoms with Gasteiger partial charge in [-0.2, -0.15) is 0 Å². The number of carbonyl (C=O) groups is 4. The van der Waals surface area contributed by atoms with Crippen LogP contribution in [-0.4, -0.2) is 62.6 Å². The Hall–Kier alpha value is -2.95. The monoisotopic (exact) mass is 453 g/mol. The Balaban J connectivity index is 2.21. The molecule has 2 atom stereocenters. The summed E-state index contributed by atoms with van der Waals surface area (Å²) >= 11 is 0. The van der Waals surface area contributed by atoms with E-state index in [1.165, 1.54) is 45.2 Å². The summed E-state index contributed by atoms with van der Waals surface area (Å²) in [7, 11) is -2.21. The summed E-state index contributed by atoms with van der Waals surface area (Å²) < 4.78 is 28.0. The molecule has 1 saturated heterocycles. The van der Waals surface area contributed by atoms with E-state index in [1.807, 2.05) is 6.92 Å². The van der Waals surface area contributed by atoms with Crippen molar-refractivity contribution in [3.05, 3.63) is 29.8 Å². The van der Waals surface area contributed by atoms with Crippen molar-refractivity contribution < 1.29 is 32.3 Å². The van der Waals surface area contributed by atoms with Crippen LogP contribution in [-0.2, 0) is 34.5 Å². The topological polar surface area (TPSA) is 139 Å². The lowest BCUT2D eigenvalue weighted by molar-refractivity contribution is -0.150. The fraction of sp³-hybridized carbons (Fsp3) is 0.500. The number of hydrogen-bond acceptors (Lipinski definition) is 7. The zero-order valence-electron chi connectivity index (χ0n) is 18.1. The lowest BCUT2D eigenvalue weighted by Crippen LogP contribution is -2.55. The fourth-order valence-electron chi connectivity index (χ4n) is 3.50. The average molecular weight is 454 g/mol. The summed E-state index contributed by atoms with van der Waals surface area (Å²) in [5, 5.41) is 5.10. The smallest absolute Gasteiger partial charge is 0.331 e. The molecule has 0 bridgehead atoms. The molecule has 4 amide bonds. The van der Waals surface area contributed by atoms with Crippen LogP contribution in [0.4, 0.5) is 4.79 Å². The van der Waals surface area contributed by atoms with Gasteiger partial charge >= 0.3 is 12.0 Å². The molecule has 2 N–H and O–H groups in total. The molecule has 1 aromatic carbocycles. The molecular weight excluding hydrogens is 426 g/mol. The molecular formula is C20H27N3O7S. The van der Waals surface area contributed by atoms with Crippen molar-refractivity contribution in [3.63, 3.8) is 0 Å². The highest BCUT2D eigenvalue weighted by Crippen LogP contribution is 2.29. The van der Waals surface area contributed by atoms with E-state index in [1.54, 1.807) is 0 Å². The predicted octanol–water partition coefficient (Wildman–Crippen LogP) is 0.705. The van der Waals surface area contributed by atoms with Crippen molar-refractivity contribution in [2.24, 2.45) is 0 Å². The lowest BCUT2D eigenvalue weighted by atomic mass is 9.92. The van der Waals surface area contributed by atoms with Gasteiger partial charge < -0.3 is 15.4 Å². The van der Waals surface area contributed by atoms with Crippen molar-refractivity contribution in [1.82, 2.24) is 15.5 Å². The number of rotatable bonds is 8. The van der Waals surface area contributed by atoms with E-state index in [0.717, 1.165) is 11.2 Å². The molecule has 31 heavy (non-hydrogen) atoms. The number of ether oxygens (including phenoxy) is 1. The van der Waals surface area contributed by atoms with Crippen molar-refractivity contribution in [2.45, 2.75) is 49.6 Å². The normalized spacial score (nSPS) is 20.7.